The van der Waals surface area contributed by atoms with Crippen molar-refractivity contribution in [1.29, 1.82) is 0 Å². The number of halogens is 1. The van der Waals surface area contributed by atoms with Crippen molar-refractivity contribution in [2.45, 2.75) is 25.8 Å². The second-order valence-electron chi connectivity index (χ2n) is 6.79. The first-order valence-electron chi connectivity index (χ1n) is 9.11. The van der Waals surface area contributed by atoms with Crippen molar-refractivity contribution in [1.82, 2.24) is 24.6 Å². The normalized spacial score (nSPS) is 16.4. The van der Waals surface area contributed by atoms with Crippen LogP contribution >= 0.6 is 0 Å². The average molecular weight is 381 g/mol. The predicted octanol–water partition coefficient (Wildman–Crippen LogP) is 2.93. The predicted molar refractivity (Wildman–Crippen MR) is 99.4 cm³/mol. The van der Waals surface area contributed by atoms with Crippen molar-refractivity contribution >= 4 is 5.91 Å². The van der Waals surface area contributed by atoms with E-state index in [4.69, 9.17) is 4.74 Å². The molecule has 0 aliphatic carbocycles. The third-order valence-corrected chi connectivity index (χ3v) is 4.65. The molecule has 1 saturated heterocycles. The Morgan fingerprint density at radius 2 is 2.11 bits per heavy atom. The smallest absolute Gasteiger partial charge is 0.244 e. The van der Waals surface area contributed by atoms with Gasteiger partial charge in [-0.3, -0.25) is 9.48 Å². The number of benzene rings is 1. The quantitative estimate of drug-likeness (QED) is 0.679. The van der Waals surface area contributed by atoms with Crippen molar-refractivity contribution < 1.29 is 13.9 Å². The van der Waals surface area contributed by atoms with Gasteiger partial charge >= 0.3 is 0 Å². The highest BCUT2D eigenvalue weighted by atomic mass is 19.1. The molecular weight excluding hydrogens is 361 g/mol. The standard InChI is InChI=1S/C20H20FN5O2/c1-14-11-18(28-17-5-3-16(21)4-6-17)24-20(23-14)15-7-10-25(12-15)19(27)13-26-9-2-8-22-26/h2-6,8-9,11,15H,7,10,12-13H2,1H3/t15-/m1/s1. The molecule has 0 saturated carbocycles. The van der Waals surface area contributed by atoms with Crippen LogP contribution < -0.4 is 4.74 Å². The first kappa shape index (κ1) is 18.1. The Hall–Kier alpha value is -3.29. The monoisotopic (exact) mass is 381 g/mol. The lowest BCUT2D eigenvalue weighted by atomic mass is 10.1. The lowest BCUT2D eigenvalue weighted by Crippen LogP contribution is -2.32. The summed E-state index contributed by atoms with van der Waals surface area (Å²) in [5.74, 6) is 1.34. The van der Waals surface area contributed by atoms with Gasteiger partial charge in [-0.05, 0) is 43.7 Å². The molecular formula is C20H20FN5O2. The molecule has 1 aliphatic heterocycles. The van der Waals surface area contributed by atoms with Crippen LogP contribution in [0.25, 0.3) is 0 Å². The number of hydrogen-bond donors (Lipinski definition) is 0. The zero-order valence-electron chi connectivity index (χ0n) is 15.5. The number of rotatable bonds is 5. The maximum Gasteiger partial charge on any atom is 0.244 e. The molecule has 8 heteroatoms. The molecule has 3 aromatic rings. The summed E-state index contributed by atoms with van der Waals surface area (Å²) in [5.41, 5.74) is 0.781. The number of amides is 1. The van der Waals surface area contributed by atoms with Crippen LogP contribution in [0.4, 0.5) is 4.39 Å². The fraction of sp³-hybridized carbons (Fsp3) is 0.300. The van der Waals surface area contributed by atoms with E-state index in [1.807, 2.05) is 11.8 Å². The van der Waals surface area contributed by atoms with Crippen LogP contribution in [0.5, 0.6) is 11.6 Å². The lowest BCUT2D eigenvalue weighted by Gasteiger charge is -2.16. The Morgan fingerprint density at radius 1 is 1.29 bits per heavy atom. The van der Waals surface area contributed by atoms with Gasteiger partial charge in [0.1, 0.15) is 23.9 Å². The van der Waals surface area contributed by atoms with E-state index in [0.29, 0.717) is 30.5 Å². The SMILES string of the molecule is Cc1cc(Oc2ccc(F)cc2)nc([C@@H]2CCN(C(=O)Cn3cccn3)C2)n1. The van der Waals surface area contributed by atoms with Crippen LogP contribution in [0.3, 0.4) is 0 Å². The Labute approximate surface area is 161 Å². The highest BCUT2D eigenvalue weighted by Gasteiger charge is 2.29. The Bertz CT molecular complexity index is 959. The molecule has 0 N–H and O–H groups in total. The maximum absolute atomic E-state index is 13.1. The number of likely N-dealkylation sites (tertiary alicyclic amines) is 1. The molecule has 0 spiro atoms. The van der Waals surface area contributed by atoms with Gasteiger partial charge in [-0.15, -0.1) is 0 Å². The fourth-order valence-corrected chi connectivity index (χ4v) is 3.25. The number of aryl methyl sites for hydroxylation is 1. The second kappa shape index (κ2) is 7.75. The lowest BCUT2D eigenvalue weighted by molar-refractivity contribution is -0.131. The van der Waals surface area contributed by atoms with E-state index in [0.717, 1.165) is 12.1 Å². The average Bonchev–Trinajstić information content (AvgIpc) is 3.35. The summed E-state index contributed by atoms with van der Waals surface area (Å²) in [7, 11) is 0. The van der Waals surface area contributed by atoms with Crippen LogP contribution in [-0.4, -0.2) is 43.6 Å². The van der Waals surface area contributed by atoms with Gasteiger partial charge < -0.3 is 9.64 Å². The van der Waals surface area contributed by atoms with E-state index in [1.54, 1.807) is 41.3 Å². The number of nitrogens with zero attached hydrogens (tertiary/aromatic N) is 5. The second-order valence-corrected chi connectivity index (χ2v) is 6.79. The van der Waals surface area contributed by atoms with Gasteiger partial charge in [0.05, 0.1) is 0 Å². The van der Waals surface area contributed by atoms with Gasteiger partial charge in [-0.25, -0.2) is 9.37 Å². The van der Waals surface area contributed by atoms with Gasteiger partial charge in [0, 0.05) is 43.2 Å². The molecule has 1 aliphatic rings. The summed E-state index contributed by atoms with van der Waals surface area (Å²) in [6, 6.07) is 9.32. The van der Waals surface area contributed by atoms with E-state index >= 15 is 0 Å². The molecule has 0 bridgehead atoms. The van der Waals surface area contributed by atoms with E-state index in [-0.39, 0.29) is 24.2 Å². The van der Waals surface area contributed by atoms with Crippen molar-refractivity contribution in [2.24, 2.45) is 0 Å². The molecule has 1 aromatic carbocycles. The van der Waals surface area contributed by atoms with Crippen LogP contribution in [0.1, 0.15) is 23.9 Å². The number of carbonyl (C=O) groups is 1. The number of aromatic nitrogens is 4. The molecule has 0 unspecified atom stereocenters. The Kier molecular flexibility index (Phi) is 5.01. The number of ether oxygens (including phenoxy) is 1. The van der Waals surface area contributed by atoms with Crippen molar-refractivity contribution in [3.8, 4) is 11.6 Å². The third-order valence-electron chi connectivity index (χ3n) is 4.65. The molecule has 28 heavy (non-hydrogen) atoms. The molecule has 1 fully saturated rings. The summed E-state index contributed by atoms with van der Waals surface area (Å²) in [4.78, 5) is 23.3. The van der Waals surface area contributed by atoms with Crippen molar-refractivity contribution in [2.75, 3.05) is 13.1 Å². The van der Waals surface area contributed by atoms with E-state index in [2.05, 4.69) is 15.1 Å². The van der Waals surface area contributed by atoms with E-state index in [9.17, 15) is 9.18 Å². The van der Waals surface area contributed by atoms with Gasteiger partial charge in [-0.2, -0.15) is 10.1 Å². The van der Waals surface area contributed by atoms with Gasteiger partial charge in [-0.1, -0.05) is 0 Å². The fourth-order valence-electron chi connectivity index (χ4n) is 3.25. The first-order chi connectivity index (χ1) is 13.6. The highest BCUT2D eigenvalue weighted by Crippen LogP contribution is 2.28. The zero-order valence-corrected chi connectivity index (χ0v) is 15.5. The summed E-state index contributed by atoms with van der Waals surface area (Å²) in [6.07, 6.45) is 4.22. The molecule has 7 nitrogen and oxygen atoms in total. The summed E-state index contributed by atoms with van der Waals surface area (Å²) in [6.45, 7) is 3.33. The zero-order chi connectivity index (χ0) is 19.5. The molecule has 3 heterocycles. The van der Waals surface area contributed by atoms with Crippen LogP contribution in [-0.2, 0) is 11.3 Å². The topological polar surface area (TPSA) is 73.1 Å². The van der Waals surface area contributed by atoms with Gasteiger partial charge in [0.15, 0.2) is 0 Å². The van der Waals surface area contributed by atoms with E-state index < -0.39 is 0 Å². The van der Waals surface area contributed by atoms with Gasteiger partial charge in [0.25, 0.3) is 0 Å². The van der Waals surface area contributed by atoms with Gasteiger partial charge in [0.2, 0.25) is 11.8 Å². The summed E-state index contributed by atoms with van der Waals surface area (Å²) in [5, 5.41) is 4.08. The molecule has 1 atom stereocenters. The van der Waals surface area contributed by atoms with Crippen molar-refractivity contribution in [3.05, 3.63) is 66.1 Å². The third kappa shape index (κ3) is 4.16. The Morgan fingerprint density at radius 3 is 2.86 bits per heavy atom. The van der Waals surface area contributed by atoms with Crippen molar-refractivity contribution in [3.63, 3.8) is 0 Å². The summed E-state index contributed by atoms with van der Waals surface area (Å²) < 4.78 is 20.4. The molecule has 0 radical (unpaired) electrons. The van der Waals surface area contributed by atoms with Crippen LogP contribution in [0.15, 0.2) is 48.8 Å². The molecule has 4 rings (SSSR count). The van der Waals surface area contributed by atoms with Crippen LogP contribution in [0.2, 0.25) is 0 Å². The minimum atomic E-state index is -0.322. The summed E-state index contributed by atoms with van der Waals surface area (Å²) >= 11 is 0. The number of carbonyl (C=O) groups excluding carboxylic acids is 1. The molecule has 1 amide bonds. The van der Waals surface area contributed by atoms with E-state index in [1.165, 1.54) is 12.1 Å². The number of hydrogen-bond acceptors (Lipinski definition) is 5. The minimum Gasteiger partial charge on any atom is -0.439 e. The Balaban J connectivity index is 1.44. The first-order valence-corrected chi connectivity index (χ1v) is 9.11. The maximum atomic E-state index is 13.1. The molecule has 144 valence electrons. The minimum absolute atomic E-state index is 0.0293. The van der Waals surface area contributed by atoms with Crippen LogP contribution in [0, 0.1) is 12.7 Å². The largest absolute Gasteiger partial charge is 0.439 e. The highest BCUT2D eigenvalue weighted by molar-refractivity contribution is 5.76. The molecule has 2 aromatic heterocycles.